The maximum atomic E-state index is 4.44. The monoisotopic (exact) mass is 183 g/mol. The predicted octanol–water partition coefficient (Wildman–Crippen LogP) is 2.37. The number of hydrogen-bond acceptors (Lipinski definition) is 1. The summed E-state index contributed by atoms with van der Waals surface area (Å²) in [6, 6.07) is 0. The van der Waals surface area contributed by atoms with Crippen molar-refractivity contribution in [2.24, 2.45) is 4.99 Å². The van der Waals surface area contributed by atoms with E-state index >= 15 is 0 Å². The summed E-state index contributed by atoms with van der Waals surface area (Å²) >= 11 is 0. The molecule has 0 aromatic carbocycles. The zero-order valence-corrected chi connectivity index (χ0v) is 9.89. The average molecular weight is 183 g/mol. The SMILES string of the molecule is C=[N+](C)C(C)(C)CC(C)(C)N=CC. The van der Waals surface area contributed by atoms with Gasteiger partial charge in [-0.25, -0.2) is 4.58 Å². The second-order valence-corrected chi connectivity index (χ2v) is 4.89. The lowest BCUT2D eigenvalue weighted by Gasteiger charge is -2.28. The van der Waals surface area contributed by atoms with Gasteiger partial charge in [0.05, 0.1) is 5.54 Å². The van der Waals surface area contributed by atoms with E-state index in [0.29, 0.717) is 0 Å². The van der Waals surface area contributed by atoms with Crippen molar-refractivity contribution in [3.63, 3.8) is 0 Å². The quantitative estimate of drug-likeness (QED) is 0.470. The van der Waals surface area contributed by atoms with E-state index < -0.39 is 0 Å². The Labute approximate surface area is 82.4 Å². The first-order valence-electron chi connectivity index (χ1n) is 4.75. The van der Waals surface area contributed by atoms with Crippen LogP contribution >= 0.6 is 0 Å². The Balaban J connectivity index is 4.51. The summed E-state index contributed by atoms with van der Waals surface area (Å²) < 4.78 is 2.00. The molecule has 0 aromatic heterocycles. The molecule has 0 aromatic rings. The van der Waals surface area contributed by atoms with Crippen molar-refractivity contribution < 1.29 is 4.58 Å². The highest BCUT2D eigenvalue weighted by atomic mass is 15.0. The fraction of sp³-hybridized carbons (Fsp3) is 0.818. The van der Waals surface area contributed by atoms with Crippen LogP contribution in [-0.2, 0) is 0 Å². The third-order valence-electron chi connectivity index (χ3n) is 2.38. The molecule has 0 fully saturated rings. The van der Waals surface area contributed by atoms with E-state index in [0.717, 1.165) is 6.42 Å². The molecule has 0 rings (SSSR count). The summed E-state index contributed by atoms with van der Waals surface area (Å²) in [5.41, 5.74) is 0.0974. The molecule has 0 atom stereocenters. The van der Waals surface area contributed by atoms with Crippen LogP contribution in [-0.4, -0.2) is 35.6 Å². The predicted molar refractivity (Wildman–Crippen MR) is 60.2 cm³/mol. The fourth-order valence-corrected chi connectivity index (χ4v) is 1.59. The minimum Gasteiger partial charge on any atom is -0.291 e. The second kappa shape index (κ2) is 4.03. The van der Waals surface area contributed by atoms with Crippen LogP contribution in [0.15, 0.2) is 4.99 Å². The van der Waals surface area contributed by atoms with Gasteiger partial charge in [0.2, 0.25) is 0 Å². The Morgan fingerprint density at radius 2 is 1.77 bits per heavy atom. The second-order valence-electron chi connectivity index (χ2n) is 4.89. The first kappa shape index (κ1) is 12.3. The maximum Gasteiger partial charge on any atom is 0.158 e. The Kier molecular flexibility index (Phi) is 3.83. The van der Waals surface area contributed by atoms with Gasteiger partial charge in [-0.3, -0.25) is 4.99 Å². The molecule has 13 heavy (non-hydrogen) atoms. The van der Waals surface area contributed by atoms with E-state index in [9.17, 15) is 0 Å². The van der Waals surface area contributed by atoms with E-state index in [-0.39, 0.29) is 11.1 Å². The third-order valence-corrected chi connectivity index (χ3v) is 2.38. The van der Waals surface area contributed by atoms with E-state index in [1.807, 2.05) is 24.8 Å². The molecule has 0 saturated carbocycles. The largest absolute Gasteiger partial charge is 0.291 e. The Bertz CT molecular complexity index is 212. The van der Waals surface area contributed by atoms with Gasteiger partial charge in [0.1, 0.15) is 13.8 Å². The van der Waals surface area contributed by atoms with Crippen molar-refractivity contribution in [3.8, 4) is 0 Å². The van der Waals surface area contributed by atoms with Crippen LogP contribution in [0, 0.1) is 0 Å². The molecule has 0 amide bonds. The van der Waals surface area contributed by atoms with Crippen LogP contribution in [0.5, 0.6) is 0 Å². The van der Waals surface area contributed by atoms with Gasteiger partial charge in [-0.15, -0.1) is 0 Å². The molecule has 0 saturated heterocycles. The van der Waals surface area contributed by atoms with Gasteiger partial charge in [-0.05, 0) is 40.8 Å². The zero-order valence-electron chi connectivity index (χ0n) is 9.89. The average Bonchev–Trinajstić information content (AvgIpc) is 1.83. The summed E-state index contributed by atoms with van der Waals surface area (Å²) in [4.78, 5) is 4.44. The zero-order chi connectivity index (χ0) is 10.7. The molecule has 0 bridgehead atoms. The normalized spacial score (nSPS) is 13.7. The van der Waals surface area contributed by atoms with E-state index in [2.05, 4.69) is 39.4 Å². The summed E-state index contributed by atoms with van der Waals surface area (Å²) in [6.07, 6.45) is 2.88. The van der Waals surface area contributed by atoms with Gasteiger partial charge in [0.25, 0.3) is 0 Å². The maximum absolute atomic E-state index is 4.44. The molecule has 0 spiro atoms. The van der Waals surface area contributed by atoms with Crippen LogP contribution in [0.4, 0.5) is 0 Å². The van der Waals surface area contributed by atoms with Gasteiger partial charge in [-0.1, -0.05) is 0 Å². The van der Waals surface area contributed by atoms with E-state index in [1.165, 1.54) is 0 Å². The minimum absolute atomic E-state index is 0.00417. The molecule has 0 aliphatic rings. The number of hydrogen-bond donors (Lipinski definition) is 0. The van der Waals surface area contributed by atoms with E-state index in [4.69, 9.17) is 0 Å². The Morgan fingerprint density at radius 3 is 2.08 bits per heavy atom. The molecular weight excluding hydrogens is 160 g/mol. The lowest BCUT2D eigenvalue weighted by atomic mass is 9.87. The van der Waals surface area contributed by atoms with Gasteiger partial charge in [0, 0.05) is 6.42 Å². The third kappa shape index (κ3) is 4.20. The van der Waals surface area contributed by atoms with Gasteiger partial charge >= 0.3 is 0 Å². The van der Waals surface area contributed by atoms with Gasteiger partial charge < -0.3 is 0 Å². The summed E-state index contributed by atoms with van der Waals surface area (Å²) in [7, 11) is 2.01. The highest BCUT2D eigenvalue weighted by Gasteiger charge is 2.33. The lowest BCUT2D eigenvalue weighted by molar-refractivity contribution is -0.570. The topological polar surface area (TPSA) is 15.4 Å². The van der Waals surface area contributed by atoms with Crippen LogP contribution in [0.3, 0.4) is 0 Å². The van der Waals surface area contributed by atoms with Gasteiger partial charge in [0.15, 0.2) is 5.54 Å². The molecule has 0 N–H and O–H groups in total. The van der Waals surface area contributed by atoms with Gasteiger partial charge in [-0.2, -0.15) is 0 Å². The van der Waals surface area contributed by atoms with Crippen molar-refractivity contribution in [1.82, 2.24) is 0 Å². The summed E-state index contributed by atoms with van der Waals surface area (Å²) in [5.74, 6) is 0. The van der Waals surface area contributed by atoms with Crippen molar-refractivity contribution in [1.29, 1.82) is 0 Å². The molecule has 0 aliphatic carbocycles. The number of aliphatic imine (C=N–C) groups is 1. The van der Waals surface area contributed by atoms with Crippen molar-refractivity contribution in [2.45, 2.75) is 52.1 Å². The molecule has 0 radical (unpaired) electrons. The number of nitrogens with zero attached hydrogens (tertiary/aromatic N) is 2. The minimum atomic E-state index is 0.00417. The fourth-order valence-electron chi connectivity index (χ4n) is 1.59. The van der Waals surface area contributed by atoms with Crippen LogP contribution in [0.25, 0.3) is 0 Å². The Morgan fingerprint density at radius 1 is 1.31 bits per heavy atom. The lowest BCUT2D eigenvalue weighted by Crippen LogP contribution is -2.39. The molecule has 0 aliphatic heterocycles. The standard InChI is InChI=1S/C11H23N2/c1-8-12-10(2,3)9-11(4,5)13(6)7/h8H,6,9H2,1-5,7H3/q+1. The molecule has 0 unspecified atom stereocenters. The molecule has 2 heteroatoms. The molecule has 2 nitrogen and oxygen atoms in total. The van der Waals surface area contributed by atoms with Crippen LogP contribution in [0.2, 0.25) is 0 Å². The highest BCUT2D eigenvalue weighted by Crippen LogP contribution is 2.24. The first-order valence-corrected chi connectivity index (χ1v) is 4.75. The molecular formula is C11H23N2+. The van der Waals surface area contributed by atoms with E-state index in [1.54, 1.807) is 0 Å². The highest BCUT2D eigenvalue weighted by molar-refractivity contribution is 5.54. The van der Waals surface area contributed by atoms with Crippen molar-refractivity contribution in [2.75, 3.05) is 7.05 Å². The van der Waals surface area contributed by atoms with Crippen LogP contribution < -0.4 is 0 Å². The molecule has 76 valence electrons. The van der Waals surface area contributed by atoms with Crippen LogP contribution in [0.1, 0.15) is 41.0 Å². The van der Waals surface area contributed by atoms with Crippen molar-refractivity contribution in [3.05, 3.63) is 0 Å². The summed E-state index contributed by atoms with van der Waals surface area (Å²) in [5, 5.41) is 0. The smallest absolute Gasteiger partial charge is 0.158 e. The first-order chi connectivity index (χ1) is 5.71. The molecule has 0 heterocycles. The summed E-state index contributed by atoms with van der Waals surface area (Å²) in [6.45, 7) is 14.6. The van der Waals surface area contributed by atoms with Crippen molar-refractivity contribution >= 4 is 12.9 Å². The number of rotatable bonds is 4. The Hall–Kier alpha value is -0.660.